The van der Waals surface area contributed by atoms with Crippen molar-refractivity contribution in [3.8, 4) is 11.5 Å². The molecule has 7 heteroatoms. The fraction of sp³-hybridized carbons (Fsp3) is 0.125. The van der Waals surface area contributed by atoms with Crippen LogP contribution in [0.3, 0.4) is 0 Å². The van der Waals surface area contributed by atoms with Crippen LogP contribution in [0.5, 0.6) is 11.5 Å². The third-order valence-corrected chi connectivity index (χ3v) is 3.50. The molecule has 3 heterocycles. The zero-order valence-corrected chi connectivity index (χ0v) is 12.3. The van der Waals surface area contributed by atoms with E-state index in [1.807, 2.05) is 12.1 Å². The van der Waals surface area contributed by atoms with Crippen molar-refractivity contribution in [2.45, 2.75) is 6.92 Å². The Balaban J connectivity index is 1.86. The fourth-order valence-corrected chi connectivity index (χ4v) is 2.38. The van der Waals surface area contributed by atoms with E-state index in [4.69, 9.17) is 9.47 Å². The molecule has 7 nitrogen and oxygen atoms in total. The molecule has 0 spiro atoms. The van der Waals surface area contributed by atoms with E-state index in [0.717, 1.165) is 0 Å². The molecule has 0 amide bonds. The quantitative estimate of drug-likeness (QED) is 0.673. The fourth-order valence-electron chi connectivity index (χ4n) is 2.38. The van der Waals surface area contributed by atoms with Gasteiger partial charge in [-0.2, -0.15) is 9.78 Å². The van der Waals surface area contributed by atoms with Crippen LogP contribution in [-0.2, 0) is 0 Å². The van der Waals surface area contributed by atoms with Crippen LogP contribution >= 0.6 is 0 Å². The van der Waals surface area contributed by atoms with E-state index in [2.05, 4.69) is 15.1 Å². The Morgan fingerprint density at radius 2 is 2.09 bits per heavy atom. The Kier molecular flexibility index (Phi) is 3.04. The SMILES string of the molecule is Cc1nc2cc3c(cc2c(=O)n1/N=C/c1ccccn1)OCO3. The standard InChI is InChI=1S/C16H12N4O3/c1-10-19-13-7-15-14(22-9-23-15)6-12(13)16(21)20(10)18-8-11-4-2-3-5-17-11/h2-8H,9H2,1H3/b18-8+. The van der Waals surface area contributed by atoms with Crippen LogP contribution in [0.1, 0.15) is 11.5 Å². The highest BCUT2D eigenvalue weighted by atomic mass is 16.7. The molecule has 0 saturated heterocycles. The molecular weight excluding hydrogens is 296 g/mol. The smallest absolute Gasteiger partial charge is 0.282 e. The van der Waals surface area contributed by atoms with Crippen molar-refractivity contribution in [1.82, 2.24) is 14.6 Å². The highest BCUT2D eigenvalue weighted by Gasteiger charge is 2.17. The third-order valence-electron chi connectivity index (χ3n) is 3.50. The Morgan fingerprint density at radius 1 is 1.26 bits per heavy atom. The van der Waals surface area contributed by atoms with Gasteiger partial charge in [-0.25, -0.2) is 4.98 Å². The molecule has 0 aliphatic carbocycles. The number of aryl methyl sites for hydroxylation is 1. The summed E-state index contributed by atoms with van der Waals surface area (Å²) in [5.41, 5.74) is 0.948. The summed E-state index contributed by atoms with van der Waals surface area (Å²) in [6.07, 6.45) is 3.19. The molecule has 1 aliphatic heterocycles. The van der Waals surface area contributed by atoms with E-state index in [1.54, 1.807) is 31.3 Å². The van der Waals surface area contributed by atoms with Gasteiger partial charge in [-0.15, -0.1) is 0 Å². The second-order valence-corrected chi connectivity index (χ2v) is 5.00. The summed E-state index contributed by atoms with van der Waals surface area (Å²) in [4.78, 5) is 21.2. The highest BCUT2D eigenvalue weighted by molar-refractivity contribution is 5.82. The summed E-state index contributed by atoms with van der Waals surface area (Å²) in [7, 11) is 0. The van der Waals surface area contributed by atoms with E-state index in [-0.39, 0.29) is 12.4 Å². The predicted octanol–water partition coefficient (Wildman–Crippen LogP) is 1.71. The minimum atomic E-state index is -0.266. The second-order valence-electron chi connectivity index (χ2n) is 5.00. The van der Waals surface area contributed by atoms with Crippen LogP contribution in [-0.4, -0.2) is 27.7 Å². The maximum Gasteiger partial charge on any atom is 0.282 e. The molecule has 0 radical (unpaired) electrons. The number of aromatic nitrogens is 3. The molecule has 2 aromatic heterocycles. The first-order valence-electron chi connectivity index (χ1n) is 7.01. The largest absolute Gasteiger partial charge is 0.454 e. The van der Waals surface area contributed by atoms with Gasteiger partial charge in [0.1, 0.15) is 5.82 Å². The number of benzene rings is 1. The average molecular weight is 308 g/mol. The summed E-state index contributed by atoms with van der Waals surface area (Å²) in [6.45, 7) is 1.87. The summed E-state index contributed by atoms with van der Waals surface area (Å²) < 4.78 is 11.9. The molecule has 1 aromatic carbocycles. The van der Waals surface area contributed by atoms with E-state index in [1.165, 1.54) is 10.9 Å². The lowest BCUT2D eigenvalue weighted by Gasteiger charge is -2.06. The van der Waals surface area contributed by atoms with Crippen LogP contribution in [0.25, 0.3) is 10.9 Å². The van der Waals surface area contributed by atoms with Gasteiger partial charge >= 0.3 is 0 Å². The minimum absolute atomic E-state index is 0.149. The summed E-state index contributed by atoms with van der Waals surface area (Å²) in [5.74, 6) is 1.62. The van der Waals surface area contributed by atoms with Gasteiger partial charge in [-0.3, -0.25) is 9.78 Å². The molecule has 0 atom stereocenters. The van der Waals surface area contributed by atoms with E-state index in [9.17, 15) is 4.79 Å². The minimum Gasteiger partial charge on any atom is -0.454 e. The topological polar surface area (TPSA) is 78.6 Å². The van der Waals surface area contributed by atoms with Crippen molar-refractivity contribution >= 4 is 17.1 Å². The second kappa shape index (κ2) is 5.20. The van der Waals surface area contributed by atoms with Crippen LogP contribution in [0.2, 0.25) is 0 Å². The lowest BCUT2D eigenvalue weighted by Crippen LogP contribution is -2.20. The number of nitrogens with zero attached hydrogens (tertiary/aromatic N) is 4. The van der Waals surface area contributed by atoms with Crippen molar-refractivity contribution in [3.63, 3.8) is 0 Å². The molecule has 4 rings (SSSR count). The van der Waals surface area contributed by atoms with Crippen molar-refractivity contribution in [2.24, 2.45) is 5.10 Å². The first-order valence-corrected chi connectivity index (χ1v) is 7.01. The van der Waals surface area contributed by atoms with E-state index >= 15 is 0 Å². The summed E-state index contributed by atoms with van der Waals surface area (Å²) >= 11 is 0. The Hall–Kier alpha value is -3.22. The normalized spacial score (nSPS) is 13.1. The van der Waals surface area contributed by atoms with Gasteiger partial charge in [-0.1, -0.05) is 6.07 Å². The number of ether oxygens (including phenoxy) is 2. The maximum atomic E-state index is 12.7. The third kappa shape index (κ3) is 2.32. The summed E-state index contributed by atoms with van der Waals surface area (Å²) in [5, 5.41) is 4.63. The maximum absolute atomic E-state index is 12.7. The van der Waals surface area contributed by atoms with Crippen molar-refractivity contribution < 1.29 is 9.47 Å². The van der Waals surface area contributed by atoms with Gasteiger partial charge in [0.2, 0.25) is 6.79 Å². The Bertz CT molecular complexity index is 980. The van der Waals surface area contributed by atoms with Gasteiger partial charge in [0.15, 0.2) is 11.5 Å². The first kappa shape index (κ1) is 13.4. The van der Waals surface area contributed by atoms with Gasteiger partial charge in [0.25, 0.3) is 5.56 Å². The molecular formula is C16H12N4O3. The van der Waals surface area contributed by atoms with Crippen LogP contribution in [0, 0.1) is 6.92 Å². The van der Waals surface area contributed by atoms with Crippen molar-refractivity contribution in [2.75, 3.05) is 6.79 Å². The average Bonchev–Trinajstić information content (AvgIpc) is 3.01. The molecule has 0 saturated carbocycles. The van der Waals surface area contributed by atoms with Crippen molar-refractivity contribution in [3.05, 3.63) is 58.4 Å². The van der Waals surface area contributed by atoms with Crippen molar-refractivity contribution in [1.29, 1.82) is 0 Å². The van der Waals surface area contributed by atoms with Crippen LogP contribution in [0.4, 0.5) is 0 Å². The lowest BCUT2D eigenvalue weighted by molar-refractivity contribution is 0.174. The Labute approximate surface area is 130 Å². The monoisotopic (exact) mass is 308 g/mol. The number of fused-ring (bicyclic) bond motifs is 2. The Morgan fingerprint density at radius 3 is 2.87 bits per heavy atom. The molecule has 3 aromatic rings. The molecule has 0 unspecified atom stereocenters. The first-order chi connectivity index (χ1) is 11.2. The zero-order valence-electron chi connectivity index (χ0n) is 12.3. The van der Waals surface area contributed by atoms with Crippen LogP contribution in [0.15, 0.2) is 46.4 Å². The van der Waals surface area contributed by atoms with Gasteiger partial charge in [-0.05, 0) is 25.1 Å². The number of rotatable bonds is 2. The highest BCUT2D eigenvalue weighted by Crippen LogP contribution is 2.34. The number of pyridine rings is 1. The molecule has 0 bridgehead atoms. The number of hydrogen-bond donors (Lipinski definition) is 0. The zero-order chi connectivity index (χ0) is 15.8. The molecule has 1 aliphatic rings. The molecule has 0 N–H and O–H groups in total. The van der Waals surface area contributed by atoms with Gasteiger partial charge in [0, 0.05) is 12.3 Å². The van der Waals surface area contributed by atoms with E-state index < -0.39 is 0 Å². The van der Waals surface area contributed by atoms with Gasteiger partial charge < -0.3 is 9.47 Å². The predicted molar refractivity (Wildman–Crippen MR) is 84.1 cm³/mol. The van der Waals surface area contributed by atoms with E-state index in [0.29, 0.717) is 33.9 Å². The summed E-state index contributed by atoms with van der Waals surface area (Å²) in [6, 6.07) is 8.81. The van der Waals surface area contributed by atoms with Crippen LogP contribution < -0.4 is 15.0 Å². The van der Waals surface area contributed by atoms with Gasteiger partial charge in [0.05, 0.1) is 22.8 Å². The molecule has 0 fully saturated rings. The number of hydrogen-bond acceptors (Lipinski definition) is 6. The molecule has 114 valence electrons. The lowest BCUT2D eigenvalue weighted by atomic mass is 10.2. The molecule has 23 heavy (non-hydrogen) atoms.